The average molecular weight is 227 g/mol. The molecule has 1 aromatic heterocycles. The number of aromatic amines is 1. The second-order valence-electron chi connectivity index (χ2n) is 4.26. The highest BCUT2D eigenvalue weighted by atomic mass is 16.1. The van der Waals surface area contributed by atoms with Gasteiger partial charge in [-0.2, -0.15) is 4.98 Å². The van der Waals surface area contributed by atoms with Crippen LogP contribution in [-0.4, -0.2) is 23.6 Å². The van der Waals surface area contributed by atoms with Crippen molar-refractivity contribution in [1.82, 2.24) is 9.97 Å². The van der Waals surface area contributed by atoms with Gasteiger partial charge in [-0.05, 0) is 12.0 Å². The van der Waals surface area contributed by atoms with E-state index in [4.69, 9.17) is 0 Å². The van der Waals surface area contributed by atoms with E-state index in [9.17, 15) is 4.79 Å². The Balaban J connectivity index is 2.25. The van der Waals surface area contributed by atoms with Crippen LogP contribution in [0.5, 0.6) is 0 Å². The van der Waals surface area contributed by atoms with Gasteiger partial charge in [0.2, 0.25) is 0 Å². The van der Waals surface area contributed by atoms with E-state index in [2.05, 4.69) is 9.97 Å². The number of H-pyrrole nitrogens is 1. The standard InChI is InChI=1S/C13H13N3O/c1-16-8-7-10-11(9-5-3-2-4-6-9)14-13(17)15-12(10)16/h2-6H,7-8H2,1H3,(H,14,15,17). The Morgan fingerprint density at radius 3 is 2.82 bits per heavy atom. The highest BCUT2D eigenvalue weighted by Crippen LogP contribution is 2.30. The number of fused-ring (bicyclic) bond motifs is 1. The van der Waals surface area contributed by atoms with Crippen molar-refractivity contribution in [2.24, 2.45) is 0 Å². The Morgan fingerprint density at radius 1 is 1.29 bits per heavy atom. The Labute approximate surface area is 98.9 Å². The Kier molecular flexibility index (Phi) is 2.21. The van der Waals surface area contributed by atoms with Crippen molar-refractivity contribution in [3.8, 4) is 11.3 Å². The molecule has 3 rings (SSSR count). The summed E-state index contributed by atoms with van der Waals surface area (Å²) in [5.41, 5.74) is 2.80. The largest absolute Gasteiger partial charge is 0.359 e. The maximum absolute atomic E-state index is 11.6. The summed E-state index contributed by atoms with van der Waals surface area (Å²) in [6.07, 6.45) is 0.930. The van der Waals surface area contributed by atoms with E-state index in [1.165, 1.54) is 0 Å². The van der Waals surface area contributed by atoms with E-state index in [0.717, 1.165) is 35.6 Å². The summed E-state index contributed by atoms with van der Waals surface area (Å²) in [6.45, 7) is 0.916. The molecule has 1 aliphatic heterocycles. The van der Waals surface area contributed by atoms with Crippen molar-refractivity contribution >= 4 is 5.82 Å². The second kappa shape index (κ2) is 3.73. The number of nitrogens with one attached hydrogen (secondary N) is 1. The molecule has 0 fully saturated rings. The third kappa shape index (κ3) is 1.62. The third-order valence-electron chi connectivity index (χ3n) is 3.13. The van der Waals surface area contributed by atoms with Crippen LogP contribution in [0.3, 0.4) is 0 Å². The summed E-state index contributed by atoms with van der Waals surface area (Å²) in [7, 11) is 1.97. The van der Waals surface area contributed by atoms with E-state index in [0.29, 0.717) is 0 Å². The van der Waals surface area contributed by atoms with Crippen molar-refractivity contribution in [3.05, 3.63) is 46.4 Å². The smallest absolute Gasteiger partial charge is 0.347 e. The van der Waals surface area contributed by atoms with Crippen molar-refractivity contribution in [1.29, 1.82) is 0 Å². The molecule has 4 heteroatoms. The van der Waals surface area contributed by atoms with Crippen LogP contribution in [0, 0.1) is 0 Å². The van der Waals surface area contributed by atoms with Crippen LogP contribution < -0.4 is 10.6 Å². The van der Waals surface area contributed by atoms with Gasteiger partial charge in [0, 0.05) is 19.2 Å². The van der Waals surface area contributed by atoms with E-state index >= 15 is 0 Å². The molecule has 0 saturated carbocycles. The van der Waals surface area contributed by atoms with Crippen LogP contribution in [0.25, 0.3) is 11.3 Å². The van der Waals surface area contributed by atoms with Gasteiger partial charge in [-0.1, -0.05) is 30.3 Å². The molecule has 2 heterocycles. The summed E-state index contributed by atoms with van der Waals surface area (Å²) in [5.74, 6) is 0.813. The zero-order valence-electron chi connectivity index (χ0n) is 9.60. The molecule has 1 N–H and O–H groups in total. The number of aromatic nitrogens is 2. The molecule has 0 aliphatic carbocycles. The second-order valence-corrected chi connectivity index (χ2v) is 4.26. The first-order valence-electron chi connectivity index (χ1n) is 5.65. The number of hydrogen-bond acceptors (Lipinski definition) is 3. The van der Waals surface area contributed by atoms with Gasteiger partial charge in [0.05, 0.1) is 5.69 Å². The molecular formula is C13H13N3O. The van der Waals surface area contributed by atoms with Gasteiger partial charge in [-0.25, -0.2) is 4.79 Å². The highest BCUT2D eigenvalue weighted by molar-refractivity contribution is 5.70. The number of likely N-dealkylation sites (N-methyl/N-ethyl adjacent to an activating group) is 1. The Bertz CT molecular complexity index is 604. The minimum atomic E-state index is -0.281. The van der Waals surface area contributed by atoms with Crippen LogP contribution in [-0.2, 0) is 6.42 Å². The van der Waals surface area contributed by atoms with Gasteiger partial charge >= 0.3 is 5.69 Å². The fourth-order valence-corrected chi connectivity index (χ4v) is 2.27. The number of hydrogen-bond donors (Lipinski definition) is 1. The molecule has 0 bridgehead atoms. The van der Waals surface area contributed by atoms with Crippen molar-refractivity contribution in [3.63, 3.8) is 0 Å². The first-order chi connectivity index (χ1) is 8.25. The molecule has 4 nitrogen and oxygen atoms in total. The lowest BCUT2D eigenvalue weighted by atomic mass is 10.1. The fourth-order valence-electron chi connectivity index (χ4n) is 2.27. The van der Waals surface area contributed by atoms with Crippen molar-refractivity contribution in [2.75, 3.05) is 18.5 Å². The molecular weight excluding hydrogens is 214 g/mol. The normalized spacial score (nSPS) is 13.8. The number of rotatable bonds is 1. The Morgan fingerprint density at radius 2 is 2.06 bits per heavy atom. The zero-order chi connectivity index (χ0) is 11.8. The summed E-state index contributed by atoms with van der Waals surface area (Å²) < 4.78 is 0. The molecule has 0 spiro atoms. The summed E-state index contributed by atoms with van der Waals surface area (Å²) in [5, 5.41) is 0. The van der Waals surface area contributed by atoms with Gasteiger partial charge < -0.3 is 9.88 Å². The van der Waals surface area contributed by atoms with E-state index in [-0.39, 0.29) is 5.69 Å². The lowest BCUT2D eigenvalue weighted by Crippen LogP contribution is -2.19. The first-order valence-corrected chi connectivity index (χ1v) is 5.65. The predicted octanol–water partition coefficient (Wildman–Crippen LogP) is 1.43. The van der Waals surface area contributed by atoms with Gasteiger partial charge in [-0.3, -0.25) is 0 Å². The lowest BCUT2D eigenvalue weighted by Gasteiger charge is -2.11. The van der Waals surface area contributed by atoms with E-state index in [1.807, 2.05) is 42.3 Å². The molecule has 1 aromatic carbocycles. The highest BCUT2D eigenvalue weighted by Gasteiger charge is 2.22. The first kappa shape index (κ1) is 10.1. The maximum Gasteiger partial charge on any atom is 0.347 e. The monoisotopic (exact) mass is 227 g/mol. The van der Waals surface area contributed by atoms with Crippen molar-refractivity contribution < 1.29 is 0 Å². The number of benzene rings is 1. The Hall–Kier alpha value is -2.10. The minimum Gasteiger partial charge on any atom is -0.359 e. The van der Waals surface area contributed by atoms with Crippen LogP contribution in [0.15, 0.2) is 35.1 Å². The summed E-state index contributed by atoms with van der Waals surface area (Å²) in [4.78, 5) is 20.5. The zero-order valence-corrected chi connectivity index (χ0v) is 9.60. The average Bonchev–Trinajstić information content (AvgIpc) is 2.72. The van der Waals surface area contributed by atoms with Crippen LogP contribution in [0.2, 0.25) is 0 Å². The predicted molar refractivity (Wildman–Crippen MR) is 67.3 cm³/mol. The molecule has 86 valence electrons. The van der Waals surface area contributed by atoms with Crippen molar-refractivity contribution in [2.45, 2.75) is 6.42 Å². The molecule has 0 saturated heterocycles. The molecule has 0 atom stereocenters. The molecule has 0 unspecified atom stereocenters. The molecule has 0 radical (unpaired) electrons. The fraction of sp³-hybridized carbons (Fsp3) is 0.231. The summed E-state index contributed by atoms with van der Waals surface area (Å²) in [6, 6.07) is 9.92. The maximum atomic E-state index is 11.6. The number of anilines is 1. The molecule has 2 aromatic rings. The summed E-state index contributed by atoms with van der Waals surface area (Å²) >= 11 is 0. The number of nitrogens with zero attached hydrogens (tertiary/aromatic N) is 2. The van der Waals surface area contributed by atoms with E-state index in [1.54, 1.807) is 0 Å². The van der Waals surface area contributed by atoms with Crippen LogP contribution >= 0.6 is 0 Å². The van der Waals surface area contributed by atoms with Gasteiger partial charge in [0.1, 0.15) is 5.82 Å². The third-order valence-corrected chi connectivity index (χ3v) is 3.13. The lowest BCUT2D eigenvalue weighted by molar-refractivity contribution is 0.942. The SMILES string of the molecule is CN1CCc2c1nc(=O)[nH]c2-c1ccccc1. The topological polar surface area (TPSA) is 49.0 Å². The minimum absolute atomic E-state index is 0.281. The van der Waals surface area contributed by atoms with Gasteiger partial charge in [0.25, 0.3) is 0 Å². The molecule has 17 heavy (non-hydrogen) atoms. The van der Waals surface area contributed by atoms with Gasteiger partial charge in [0.15, 0.2) is 0 Å². The quantitative estimate of drug-likeness (QED) is 0.801. The van der Waals surface area contributed by atoms with Gasteiger partial charge in [-0.15, -0.1) is 0 Å². The molecule has 0 amide bonds. The van der Waals surface area contributed by atoms with Crippen LogP contribution in [0.1, 0.15) is 5.56 Å². The van der Waals surface area contributed by atoms with Crippen LogP contribution in [0.4, 0.5) is 5.82 Å². The van der Waals surface area contributed by atoms with E-state index < -0.39 is 0 Å². The molecule has 1 aliphatic rings.